The number of para-hydroxylation sites is 1. The van der Waals surface area contributed by atoms with Gasteiger partial charge in [0.1, 0.15) is 10.7 Å². The molecule has 0 saturated carbocycles. The van der Waals surface area contributed by atoms with Crippen LogP contribution in [0.25, 0.3) is 0 Å². The highest BCUT2D eigenvalue weighted by Gasteiger charge is 2.17. The number of ether oxygens (including phenoxy) is 1. The number of hydrogen-bond acceptors (Lipinski definition) is 3. The lowest BCUT2D eigenvalue weighted by molar-refractivity contribution is -0.134. The molecule has 0 aliphatic rings. The van der Waals surface area contributed by atoms with Crippen molar-refractivity contribution in [2.24, 2.45) is 5.73 Å². The van der Waals surface area contributed by atoms with Crippen LogP contribution in [0.15, 0.2) is 24.3 Å². The minimum absolute atomic E-state index is 0.00731. The molecule has 1 amide bonds. The molecule has 0 radical (unpaired) electrons. The van der Waals surface area contributed by atoms with E-state index in [4.69, 9.17) is 22.7 Å². The van der Waals surface area contributed by atoms with Gasteiger partial charge in [-0.25, -0.2) is 0 Å². The largest absolute Gasteiger partial charge is 0.483 e. The highest BCUT2D eigenvalue weighted by molar-refractivity contribution is 7.80. The van der Waals surface area contributed by atoms with Gasteiger partial charge in [-0.1, -0.05) is 38.2 Å². The summed E-state index contributed by atoms with van der Waals surface area (Å²) in [4.78, 5) is 14.1. The third-order valence-electron chi connectivity index (χ3n) is 3.39. The summed E-state index contributed by atoms with van der Waals surface area (Å²) in [5.41, 5.74) is 6.28. The van der Waals surface area contributed by atoms with Crippen molar-refractivity contribution in [2.75, 3.05) is 13.7 Å². The van der Waals surface area contributed by atoms with Gasteiger partial charge >= 0.3 is 0 Å². The number of likely N-dealkylation sites (N-methyl/N-ethyl adjacent to an activating group) is 1. The molecular weight excluding hydrogens is 272 g/mol. The van der Waals surface area contributed by atoms with E-state index in [1.165, 1.54) is 0 Å². The first-order valence-corrected chi connectivity index (χ1v) is 7.19. The molecule has 0 fully saturated rings. The standard InChI is InChI=1S/C15H22N2O2S/c1-4-11(5-2)17(3)14(18)10-19-13-9-7-6-8-12(13)15(16)20/h6-9,11H,4-5,10H2,1-3H3,(H2,16,20). The molecule has 20 heavy (non-hydrogen) atoms. The number of carbonyl (C=O) groups is 1. The van der Waals surface area contributed by atoms with E-state index in [0.717, 1.165) is 12.8 Å². The Morgan fingerprint density at radius 2 is 1.95 bits per heavy atom. The number of rotatable bonds is 7. The molecule has 0 aliphatic carbocycles. The molecule has 0 aromatic heterocycles. The van der Waals surface area contributed by atoms with Crippen LogP contribution in [0.3, 0.4) is 0 Å². The molecule has 0 saturated heterocycles. The Morgan fingerprint density at radius 1 is 1.35 bits per heavy atom. The highest BCUT2D eigenvalue weighted by atomic mass is 32.1. The van der Waals surface area contributed by atoms with Crippen LogP contribution < -0.4 is 10.5 Å². The van der Waals surface area contributed by atoms with E-state index in [9.17, 15) is 4.79 Å². The van der Waals surface area contributed by atoms with Crippen LogP contribution in [0.1, 0.15) is 32.3 Å². The van der Waals surface area contributed by atoms with Crippen LogP contribution in [0.4, 0.5) is 0 Å². The summed E-state index contributed by atoms with van der Waals surface area (Å²) < 4.78 is 5.56. The molecule has 0 unspecified atom stereocenters. The van der Waals surface area contributed by atoms with Gasteiger partial charge in [-0.15, -0.1) is 0 Å². The van der Waals surface area contributed by atoms with Crippen molar-refractivity contribution in [3.05, 3.63) is 29.8 Å². The molecule has 110 valence electrons. The van der Waals surface area contributed by atoms with E-state index in [-0.39, 0.29) is 23.5 Å². The lowest BCUT2D eigenvalue weighted by atomic mass is 10.1. The van der Waals surface area contributed by atoms with Gasteiger partial charge in [0.25, 0.3) is 5.91 Å². The Kier molecular flexibility index (Phi) is 6.45. The fourth-order valence-electron chi connectivity index (χ4n) is 2.08. The lowest BCUT2D eigenvalue weighted by Gasteiger charge is -2.26. The molecule has 4 nitrogen and oxygen atoms in total. The van der Waals surface area contributed by atoms with Gasteiger partial charge in [-0.05, 0) is 25.0 Å². The van der Waals surface area contributed by atoms with Gasteiger partial charge in [0.2, 0.25) is 0 Å². The van der Waals surface area contributed by atoms with E-state index in [0.29, 0.717) is 11.3 Å². The van der Waals surface area contributed by atoms with E-state index < -0.39 is 0 Å². The minimum Gasteiger partial charge on any atom is -0.483 e. The molecule has 1 aromatic rings. The normalized spacial score (nSPS) is 10.4. The second-order valence-electron chi connectivity index (χ2n) is 4.62. The first-order chi connectivity index (χ1) is 9.51. The molecule has 1 rings (SSSR count). The molecule has 0 atom stereocenters. The zero-order valence-corrected chi connectivity index (χ0v) is 13.1. The lowest BCUT2D eigenvalue weighted by Crippen LogP contribution is -2.39. The van der Waals surface area contributed by atoms with Gasteiger partial charge in [0, 0.05) is 13.1 Å². The maximum absolute atomic E-state index is 12.1. The Bertz CT molecular complexity index is 473. The fraction of sp³-hybridized carbons (Fsp3) is 0.467. The molecule has 0 bridgehead atoms. The van der Waals surface area contributed by atoms with Gasteiger partial charge < -0.3 is 15.4 Å². The van der Waals surface area contributed by atoms with Gasteiger partial charge in [-0.2, -0.15) is 0 Å². The van der Waals surface area contributed by atoms with Gasteiger partial charge in [0.15, 0.2) is 6.61 Å². The van der Waals surface area contributed by atoms with Crippen LogP contribution in [0.5, 0.6) is 5.75 Å². The third kappa shape index (κ3) is 4.20. The molecule has 5 heteroatoms. The molecule has 2 N–H and O–H groups in total. The Labute approximate surface area is 125 Å². The fourth-order valence-corrected chi connectivity index (χ4v) is 2.25. The summed E-state index contributed by atoms with van der Waals surface area (Å²) in [5, 5.41) is 0. The Balaban J connectivity index is 2.68. The second-order valence-corrected chi connectivity index (χ2v) is 5.06. The number of carbonyl (C=O) groups excluding carboxylic acids is 1. The van der Waals surface area contributed by atoms with E-state index >= 15 is 0 Å². The molecule has 0 aliphatic heterocycles. The number of nitrogens with two attached hydrogens (primary N) is 1. The zero-order chi connectivity index (χ0) is 15.1. The van der Waals surface area contributed by atoms with Crippen LogP contribution >= 0.6 is 12.2 Å². The quantitative estimate of drug-likeness (QED) is 0.784. The van der Waals surface area contributed by atoms with E-state index in [1.807, 2.05) is 19.2 Å². The summed E-state index contributed by atoms with van der Waals surface area (Å²) in [6, 6.07) is 7.45. The van der Waals surface area contributed by atoms with Crippen LogP contribution in [-0.4, -0.2) is 35.5 Å². The average Bonchev–Trinajstić information content (AvgIpc) is 2.46. The predicted octanol–water partition coefficient (Wildman–Crippen LogP) is 2.35. The van der Waals surface area contributed by atoms with Crippen LogP contribution in [0.2, 0.25) is 0 Å². The van der Waals surface area contributed by atoms with Crippen molar-refractivity contribution >= 4 is 23.1 Å². The topological polar surface area (TPSA) is 55.6 Å². The Morgan fingerprint density at radius 3 is 2.50 bits per heavy atom. The van der Waals surface area contributed by atoms with Crippen molar-refractivity contribution in [3.63, 3.8) is 0 Å². The predicted molar refractivity (Wildman–Crippen MR) is 85.0 cm³/mol. The average molecular weight is 294 g/mol. The van der Waals surface area contributed by atoms with Gasteiger partial charge in [0.05, 0.1) is 5.56 Å². The number of nitrogens with zero attached hydrogens (tertiary/aromatic N) is 1. The second kappa shape index (κ2) is 7.85. The first kappa shape index (κ1) is 16.4. The van der Waals surface area contributed by atoms with Crippen LogP contribution in [0, 0.1) is 0 Å². The first-order valence-electron chi connectivity index (χ1n) is 6.78. The van der Waals surface area contributed by atoms with E-state index in [1.54, 1.807) is 17.0 Å². The number of benzene rings is 1. The summed E-state index contributed by atoms with van der Waals surface area (Å²) in [7, 11) is 1.81. The third-order valence-corrected chi connectivity index (χ3v) is 3.61. The number of amides is 1. The molecule has 1 aromatic carbocycles. The van der Waals surface area contributed by atoms with Crippen molar-refractivity contribution in [3.8, 4) is 5.75 Å². The molecular formula is C15H22N2O2S. The smallest absolute Gasteiger partial charge is 0.260 e. The van der Waals surface area contributed by atoms with E-state index in [2.05, 4.69) is 13.8 Å². The summed E-state index contributed by atoms with van der Waals surface area (Å²) in [6.45, 7) is 4.13. The van der Waals surface area contributed by atoms with Crippen molar-refractivity contribution in [1.29, 1.82) is 0 Å². The maximum Gasteiger partial charge on any atom is 0.260 e. The SMILES string of the molecule is CCC(CC)N(C)C(=O)COc1ccccc1C(N)=S. The maximum atomic E-state index is 12.1. The minimum atomic E-state index is -0.0450. The van der Waals surface area contributed by atoms with Crippen molar-refractivity contribution in [1.82, 2.24) is 4.90 Å². The summed E-state index contributed by atoms with van der Waals surface area (Å²) >= 11 is 4.96. The highest BCUT2D eigenvalue weighted by Crippen LogP contribution is 2.18. The van der Waals surface area contributed by atoms with Gasteiger partial charge in [-0.3, -0.25) is 4.79 Å². The summed E-state index contributed by atoms with van der Waals surface area (Å²) in [6.07, 6.45) is 1.87. The van der Waals surface area contributed by atoms with Crippen molar-refractivity contribution < 1.29 is 9.53 Å². The van der Waals surface area contributed by atoms with Crippen molar-refractivity contribution in [2.45, 2.75) is 32.7 Å². The number of hydrogen-bond donors (Lipinski definition) is 1. The molecule has 0 heterocycles. The molecule has 0 spiro atoms. The zero-order valence-electron chi connectivity index (χ0n) is 12.3. The number of thiocarbonyl (C=S) groups is 1. The monoisotopic (exact) mass is 294 g/mol. The Hall–Kier alpha value is -1.62. The van der Waals surface area contributed by atoms with Crippen LogP contribution in [-0.2, 0) is 4.79 Å². The summed E-state index contributed by atoms with van der Waals surface area (Å²) in [5.74, 6) is 0.503.